The highest BCUT2D eigenvalue weighted by Gasteiger charge is 2.44. The molecular formula is C24H26N4O2S. The Labute approximate surface area is 183 Å². The third kappa shape index (κ3) is 3.32. The summed E-state index contributed by atoms with van der Waals surface area (Å²) in [5.74, 6) is 0.614. The van der Waals surface area contributed by atoms with Crippen molar-refractivity contribution in [3.63, 3.8) is 0 Å². The van der Waals surface area contributed by atoms with Crippen molar-refractivity contribution in [3.05, 3.63) is 71.4 Å². The Morgan fingerprint density at radius 3 is 2.45 bits per heavy atom. The molecule has 1 aliphatic carbocycles. The highest BCUT2D eigenvalue weighted by molar-refractivity contribution is 7.89. The predicted octanol–water partition coefficient (Wildman–Crippen LogP) is 3.77. The van der Waals surface area contributed by atoms with Crippen molar-refractivity contribution >= 4 is 16.0 Å². The predicted molar refractivity (Wildman–Crippen MR) is 122 cm³/mol. The van der Waals surface area contributed by atoms with E-state index in [1.165, 1.54) is 5.56 Å². The number of nitrogens with one attached hydrogen (secondary N) is 1. The number of rotatable bonds is 3. The lowest BCUT2D eigenvalue weighted by atomic mass is 9.64. The molecule has 1 aromatic heterocycles. The maximum atomic E-state index is 13.2. The van der Waals surface area contributed by atoms with Crippen LogP contribution in [-0.4, -0.2) is 42.8 Å². The lowest BCUT2D eigenvalue weighted by molar-refractivity contribution is 0.229. The van der Waals surface area contributed by atoms with Crippen LogP contribution in [0, 0.1) is 6.92 Å². The quantitative estimate of drug-likeness (QED) is 0.679. The summed E-state index contributed by atoms with van der Waals surface area (Å²) >= 11 is 0. The molecule has 0 bridgehead atoms. The zero-order valence-corrected chi connectivity index (χ0v) is 18.6. The van der Waals surface area contributed by atoms with Gasteiger partial charge in [-0.1, -0.05) is 42.0 Å². The monoisotopic (exact) mass is 434 g/mol. The van der Waals surface area contributed by atoms with Gasteiger partial charge in [0.25, 0.3) is 0 Å². The molecule has 0 atom stereocenters. The number of aromatic nitrogens is 2. The summed E-state index contributed by atoms with van der Waals surface area (Å²) in [6.45, 7) is 2.98. The number of hydrogen-bond acceptors (Lipinski definition) is 5. The number of piperidine rings is 1. The third-order valence-corrected chi connectivity index (χ3v) is 8.62. The van der Waals surface area contributed by atoms with Crippen LogP contribution in [0.15, 0.2) is 59.6 Å². The smallest absolute Gasteiger partial charge is 0.243 e. The second-order valence-electron chi connectivity index (χ2n) is 8.54. The fourth-order valence-corrected chi connectivity index (χ4v) is 6.40. The number of hydrogen-bond donors (Lipinski definition) is 1. The van der Waals surface area contributed by atoms with Crippen molar-refractivity contribution in [2.24, 2.45) is 0 Å². The number of nitrogens with zero attached hydrogens (tertiary/aromatic N) is 3. The van der Waals surface area contributed by atoms with E-state index in [1.54, 1.807) is 16.4 Å². The van der Waals surface area contributed by atoms with Gasteiger partial charge < -0.3 is 5.32 Å². The van der Waals surface area contributed by atoms with Crippen LogP contribution in [0.2, 0.25) is 0 Å². The summed E-state index contributed by atoms with van der Waals surface area (Å²) in [5, 5.41) is 3.02. The minimum absolute atomic E-state index is 0.0899. The number of fused-ring (bicyclic) bond motifs is 4. The molecule has 5 rings (SSSR count). The van der Waals surface area contributed by atoms with Gasteiger partial charge in [-0.3, -0.25) is 0 Å². The molecule has 1 aliphatic heterocycles. The van der Waals surface area contributed by atoms with Crippen molar-refractivity contribution in [1.29, 1.82) is 0 Å². The maximum Gasteiger partial charge on any atom is 0.243 e. The summed E-state index contributed by atoms with van der Waals surface area (Å²) in [6.07, 6.45) is 4.31. The fraction of sp³-hybridized carbons (Fsp3) is 0.333. The van der Waals surface area contributed by atoms with E-state index in [4.69, 9.17) is 4.98 Å². The molecule has 0 saturated carbocycles. The zero-order valence-electron chi connectivity index (χ0n) is 17.8. The Morgan fingerprint density at radius 2 is 1.74 bits per heavy atom. The second kappa shape index (κ2) is 7.43. The van der Waals surface area contributed by atoms with Crippen molar-refractivity contribution in [2.45, 2.75) is 36.5 Å². The van der Waals surface area contributed by atoms with E-state index >= 15 is 0 Å². The van der Waals surface area contributed by atoms with Gasteiger partial charge in [0.15, 0.2) is 0 Å². The van der Waals surface area contributed by atoms with Gasteiger partial charge in [-0.15, -0.1) is 0 Å². The summed E-state index contributed by atoms with van der Waals surface area (Å²) in [5.41, 5.74) is 5.49. The molecule has 2 heterocycles. The van der Waals surface area contributed by atoms with Crippen molar-refractivity contribution in [3.8, 4) is 11.3 Å². The van der Waals surface area contributed by atoms with Gasteiger partial charge in [-0.05, 0) is 49.4 Å². The van der Waals surface area contributed by atoms with E-state index < -0.39 is 10.0 Å². The number of anilines is 1. The first kappa shape index (κ1) is 20.2. The second-order valence-corrected chi connectivity index (χ2v) is 10.5. The fourth-order valence-electron chi connectivity index (χ4n) is 4.96. The molecule has 2 aromatic carbocycles. The first-order valence-electron chi connectivity index (χ1n) is 10.6. The van der Waals surface area contributed by atoms with Crippen LogP contribution in [0.25, 0.3) is 11.3 Å². The zero-order chi connectivity index (χ0) is 21.6. The highest BCUT2D eigenvalue weighted by atomic mass is 32.2. The lowest BCUT2D eigenvalue weighted by Crippen LogP contribution is -2.47. The molecule has 1 saturated heterocycles. The van der Waals surface area contributed by atoms with Crippen LogP contribution in [0.3, 0.4) is 0 Å². The SMILES string of the molecule is CNc1ncc2c(n1)-c1ccccc1C1(CCN(S(=O)(=O)c3ccc(C)cc3)CC1)C2. The van der Waals surface area contributed by atoms with E-state index in [0.29, 0.717) is 23.9 Å². The first-order chi connectivity index (χ1) is 14.9. The molecule has 0 unspecified atom stereocenters. The Bertz CT molecular complexity index is 1230. The van der Waals surface area contributed by atoms with Gasteiger partial charge in [0, 0.05) is 37.3 Å². The van der Waals surface area contributed by atoms with Gasteiger partial charge in [0.05, 0.1) is 10.6 Å². The lowest BCUT2D eigenvalue weighted by Gasteiger charge is -2.45. The molecule has 31 heavy (non-hydrogen) atoms. The highest BCUT2D eigenvalue weighted by Crippen LogP contribution is 2.48. The van der Waals surface area contributed by atoms with E-state index in [-0.39, 0.29) is 5.41 Å². The molecule has 6 nitrogen and oxygen atoms in total. The standard InChI is InChI=1S/C24H26N4O2S/c1-17-7-9-19(10-8-17)31(29,30)28-13-11-24(12-14-28)15-18-16-26-23(25-2)27-22(18)20-5-3-4-6-21(20)24/h3-10,16H,11-15H2,1-2H3,(H,25,26,27). The van der Waals surface area contributed by atoms with Crippen LogP contribution < -0.4 is 5.32 Å². The molecule has 1 N–H and O–H groups in total. The largest absolute Gasteiger partial charge is 0.357 e. The number of sulfonamides is 1. The number of benzene rings is 2. The van der Waals surface area contributed by atoms with Crippen molar-refractivity contribution in [2.75, 3.05) is 25.5 Å². The van der Waals surface area contributed by atoms with Crippen LogP contribution in [0.4, 0.5) is 5.95 Å². The van der Waals surface area contributed by atoms with Crippen LogP contribution >= 0.6 is 0 Å². The summed E-state index contributed by atoms with van der Waals surface area (Å²) < 4.78 is 28.0. The molecule has 7 heteroatoms. The molecule has 0 amide bonds. The minimum Gasteiger partial charge on any atom is -0.357 e. The van der Waals surface area contributed by atoms with Crippen LogP contribution in [0.5, 0.6) is 0 Å². The van der Waals surface area contributed by atoms with Crippen molar-refractivity contribution < 1.29 is 8.42 Å². The summed E-state index contributed by atoms with van der Waals surface area (Å²) in [7, 11) is -1.66. The Kier molecular flexibility index (Phi) is 4.83. The van der Waals surface area contributed by atoms with E-state index in [1.807, 2.05) is 38.4 Å². The number of aryl methyl sites for hydroxylation is 1. The van der Waals surface area contributed by atoms with Gasteiger partial charge >= 0.3 is 0 Å². The average Bonchev–Trinajstić information content (AvgIpc) is 2.80. The van der Waals surface area contributed by atoms with Gasteiger partial charge in [-0.25, -0.2) is 18.4 Å². The molecule has 0 radical (unpaired) electrons. The van der Waals surface area contributed by atoms with E-state index in [0.717, 1.165) is 41.6 Å². The normalized spacial score (nSPS) is 17.7. The van der Waals surface area contributed by atoms with Gasteiger partial charge in [0.1, 0.15) is 0 Å². The summed E-state index contributed by atoms with van der Waals surface area (Å²) in [4.78, 5) is 9.53. The Hall–Kier alpha value is -2.77. The van der Waals surface area contributed by atoms with Gasteiger partial charge in [0.2, 0.25) is 16.0 Å². The third-order valence-electron chi connectivity index (χ3n) is 6.71. The Morgan fingerprint density at radius 1 is 1.03 bits per heavy atom. The topological polar surface area (TPSA) is 75.2 Å². The molecule has 1 spiro atoms. The first-order valence-corrected chi connectivity index (χ1v) is 12.1. The molecular weight excluding hydrogens is 408 g/mol. The molecule has 160 valence electrons. The van der Waals surface area contributed by atoms with Crippen molar-refractivity contribution in [1.82, 2.24) is 14.3 Å². The van der Waals surface area contributed by atoms with E-state index in [9.17, 15) is 8.42 Å². The van der Waals surface area contributed by atoms with Crippen LogP contribution in [0.1, 0.15) is 29.5 Å². The minimum atomic E-state index is -3.48. The maximum absolute atomic E-state index is 13.2. The summed E-state index contributed by atoms with van der Waals surface area (Å²) in [6, 6.07) is 15.5. The van der Waals surface area contributed by atoms with Crippen LogP contribution in [-0.2, 0) is 21.9 Å². The molecule has 3 aromatic rings. The molecule has 2 aliphatic rings. The molecule has 1 fully saturated rings. The average molecular weight is 435 g/mol. The van der Waals surface area contributed by atoms with E-state index in [2.05, 4.69) is 28.5 Å². The Balaban J connectivity index is 1.47. The van der Waals surface area contributed by atoms with Gasteiger partial charge in [-0.2, -0.15) is 4.31 Å².